The molecule has 3 aromatic heterocycles. The molecule has 1 atom stereocenters. The van der Waals surface area contributed by atoms with E-state index in [1.165, 1.54) is 0 Å². The predicted octanol–water partition coefficient (Wildman–Crippen LogP) is 3.62. The molecule has 0 spiro atoms. The normalized spacial score (nSPS) is 12.2. The van der Waals surface area contributed by atoms with Crippen LogP contribution in [0.25, 0.3) is 16.6 Å². The van der Waals surface area contributed by atoms with Gasteiger partial charge in [0.1, 0.15) is 23.1 Å². The van der Waals surface area contributed by atoms with E-state index in [0.717, 1.165) is 58.1 Å². The smallest absolute Gasteiger partial charge is 0.179 e. The molecule has 0 amide bonds. The average Bonchev–Trinajstić information content (AvgIpc) is 3.15. The van der Waals surface area contributed by atoms with Gasteiger partial charge in [-0.1, -0.05) is 12.1 Å². The topological polar surface area (TPSA) is 81.0 Å². The number of hydrogen-bond donors (Lipinski definition) is 1. The lowest BCUT2D eigenvalue weighted by Crippen LogP contribution is -2.17. The molecule has 0 aliphatic heterocycles. The van der Waals surface area contributed by atoms with Crippen LogP contribution in [0.15, 0.2) is 48.8 Å². The predicted molar refractivity (Wildman–Crippen MR) is 127 cm³/mol. The molecule has 1 unspecified atom stereocenters. The summed E-state index contributed by atoms with van der Waals surface area (Å²) in [5.74, 6) is 1.51. The first-order chi connectivity index (χ1) is 15.5. The third-order valence-electron chi connectivity index (χ3n) is 5.51. The van der Waals surface area contributed by atoms with E-state index in [1.807, 2.05) is 74.0 Å². The number of nitrogens with zero attached hydrogens (tertiary/aromatic N) is 6. The minimum Gasteiger partial charge on any atom is -0.483 e. The zero-order chi connectivity index (χ0) is 22.7. The average molecular weight is 432 g/mol. The number of pyridine rings is 1. The quantitative estimate of drug-likeness (QED) is 0.456. The van der Waals surface area contributed by atoms with Crippen LogP contribution in [0.3, 0.4) is 0 Å². The fourth-order valence-corrected chi connectivity index (χ4v) is 3.88. The Morgan fingerprint density at radius 3 is 2.53 bits per heavy atom. The fourth-order valence-electron chi connectivity index (χ4n) is 3.88. The standard InChI is InChI=1S/C24H29N7O/c1-16-22-17(2)31(29-23(22)24(28-27-16)30(4)5)19-8-6-7-9-21(19)32-20(12-13-25-3)18-10-14-26-15-11-18/h6-11,14-15,20,25H,12-13H2,1-5H3. The van der Waals surface area contributed by atoms with Gasteiger partial charge in [0.2, 0.25) is 0 Å². The van der Waals surface area contributed by atoms with Crippen molar-refractivity contribution in [2.45, 2.75) is 26.4 Å². The van der Waals surface area contributed by atoms with Crippen molar-refractivity contribution in [1.29, 1.82) is 0 Å². The number of benzene rings is 1. The Hall–Kier alpha value is -3.52. The van der Waals surface area contributed by atoms with Gasteiger partial charge in [-0.2, -0.15) is 10.2 Å². The highest BCUT2D eigenvalue weighted by molar-refractivity contribution is 5.92. The van der Waals surface area contributed by atoms with Crippen molar-refractivity contribution in [3.05, 3.63) is 65.7 Å². The lowest BCUT2D eigenvalue weighted by atomic mass is 10.1. The number of fused-ring (bicyclic) bond motifs is 1. The van der Waals surface area contributed by atoms with E-state index in [4.69, 9.17) is 9.84 Å². The van der Waals surface area contributed by atoms with Gasteiger partial charge >= 0.3 is 0 Å². The lowest BCUT2D eigenvalue weighted by molar-refractivity contribution is 0.194. The summed E-state index contributed by atoms with van der Waals surface area (Å²) in [6.07, 6.45) is 4.31. The number of aromatic nitrogens is 5. The van der Waals surface area contributed by atoms with Crippen molar-refractivity contribution in [1.82, 2.24) is 30.3 Å². The first-order valence-corrected chi connectivity index (χ1v) is 10.7. The summed E-state index contributed by atoms with van der Waals surface area (Å²) < 4.78 is 8.51. The molecule has 0 saturated carbocycles. The Labute approximate surface area is 188 Å². The van der Waals surface area contributed by atoms with Crippen molar-refractivity contribution in [2.75, 3.05) is 32.6 Å². The highest BCUT2D eigenvalue weighted by atomic mass is 16.5. The van der Waals surface area contributed by atoms with Crippen LogP contribution in [-0.2, 0) is 0 Å². The highest BCUT2D eigenvalue weighted by Crippen LogP contribution is 2.33. The van der Waals surface area contributed by atoms with Crippen LogP contribution < -0.4 is 15.0 Å². The van der Waals surface area contributed by atoms with E-state index < -0.39 is 0 Å². The highest BCUT2D eigenvalue weighted by Gasteiger charge is 2.21. The van der Waals surface area contributed by atoms with E-state index >= 15 is 0 Å². The van der Waals surface area contributed by atoms with E-state index in [2.05, 4.69) is 27.4 Å². The maximum absolute atomic E-state index is 6.58. The van der Waals surface area contributed by atoms with Gasteiger partial charge in [-0.05, 0) is 57.3 Å². The number of nitrogens with one attached hydrogen (secondary N) is 1. The van der Waals surface area contributed by atoms with Crippen LogP contribution in [0, 0.1) is 13.8 Å². The molecule has 0 bridgehead atoms. The largest absolute Gasteiger partial charge is 0.483 e. The Balaban J connectivity index is 1.80. The van der Waals surface area contributed by atoms with E-state index in [9.17, 15) is 0 Å². The zero-order valence-electron chi connectivity index (χ0n) is 19.2. The third kappa shape index (κ3) is 4.13. The first-order valence-electron chi connectivity index (χ1n) is 10.7. The van der Waals surface area contributed by atoms with Gasteiger partial charge in [0.25, 0.3) is 0 Å². The van der Waals surface area contributed by atoms with Gasteiger partial charge in [0.05, 0.1) is 16.8 Å². The molecular formula is C24H29N7O. The number of ether oxygens (including phenoxy) is 1. The molecular weight excluding hydrogens is 402 g/mol. The van der Waals surface area contributed by atoms with Crippen LogP contribution in [0.4, 0.5) is 5.82 Å². The fraction of sp³-hybridized carbons (Fsp3) is 0.333. The Morgan fingerprint density at radius 2 is 1.81 bits per heavy atom. The second kappa shape index (κ2) is 9.32. The molecule has 32 heavy (non-hydrogen) atoms. The molecule has 0 aliphatic carbocycles. The molecule has 4 aromatic rings. The van der Waals surface area contributed by atoms with E-state index in [-0.39, 0.29) is 6.10 Å². The van der Waals surface area contributed by atoms with Crippen molar-refractivity contribution >= 4 is 16.7 Å². The number of anilines is 1. The molecule has 0 radical (unpaired) electrons. The molecule has 166 valence electrons. The number of para-hydroxylation sites is 2. The van der Waals surface area contributed by atoms with Gasteiger partial charge in [-0.3, -0.25) is 4.98 Å². The molecule has 4 rings (SSSR count). The number of aryl methyl sites for hydroxylation is 2. The van der Waals surface area contributed by atoms with Crippen LogP contribution in [0.2, 0.25) is 0 Å². The molecule has 0 fully saturated rings. The van der Waals surface area contributed by atoms with Crippen molar-refractivity contribution < 1.29 is 4.74 Å². The summed E-state index contributed by atoms with van der Waals surface area (Å²) in [6, 6.07) is 12.0. The SMILES string of the molecule is CNCCC(Oc1ccccc1-n1nc2c(N(C)C)nnc(C)c2c1C)c1ccncc1. The lowest BCUT2D eigenvalue weighted by Gasteiger charge is -2.21. The minimum absolute atomic E-state index is 0.112. The summed E-state index contributed by atoms with van der Waals surface area (Å²) in [6.45, 7) is 4.86. The molecule has 0 aliphatic rings. The summed E-state index contributed by atoms with van der Waals surface area (Å²) >= 11 is 0. The van der Waals surface area contributed by atoms with Gasteiger partial charge in [-0.25, -0.2) is 4.68 Å². The molecule has 3 heterocycles. The number of hydrogen-bond acceptors (Lipinski definition) is 7. The summed E-state index contributed by atoms with van der Waals surface area (Å²) in [5, 5.41) is 17.9. The first kappa shape index (κ1) is 21.7. The van der Waals surface area contributed by atoms with Crippen molar-refractivity contribution in [3.63, 3.8) is 0 Å². The molecule has 8 nitrogen and oxygen atoms in total. The third-order valence-corrected chi connectivity index (χ3v) is 5.51. The maximum atomic E-state index is 6.58. The van der Waals surface area contributed by atoms with Gasteiger partial charge in [0.15, 0.2) is 5.82 Å². The van der Waals surface area contributed by atoms with E-state index in [1.54, 1.807) is 12.4 Å². The van der Waals surface area contributed by atoms with Crippen LogP contribution in [0.5, 0.6) is 5.75 Å². The van der Waals surface area contributed by atoms with E-state index in [0.29, 0.717) is 0 Å². The Bertz CT molecular complexity index is 1200. The van der Waals surface area contributed by atoms with Crippen molar-refractivity contribution in [2.24, 2.45) is 0 Å². The monoisotopic (exact) mass is 431 g/mol. The van der Waals surface area contributed by atoms with Gasteiger partial charge in [-0.15, -0.1) is 5.10 Å². The Kier molecular flexibility index (Phi) is 6.32. The summed E-state index contributed by atoms with van der Waals surface area (Å²) in [4.78, 5) is 6.08. The molecule has 8 heteroatoms. The maximum Gasteiger partial charge on any atom is 0.179 e. The molecule has 0 saturated heterocycles. The van der Waals surface area contributed by atoms with Crippen LogP contribution in [0.1, 0.15) is 29.5 Å². The van der Waals surface area contributed by atoms with Gasteiger partial charge < -0.3 is 15.0 Å². The molecule has 1 aromatic carbocycles. The second-order valence-corrected chi connectivity index (χ2v) is 7.97. The summed E-state index contributed by atoms with van der Waals surface area (Å²) in [7, 11) is 5.85. The van der Waals surface area contributed by atoms with Crippen LogP contribution in [-0.4, -0.2) is 52.6 Å². The number of rotatable bonds is 8. The second-order valence-electron chi connectivity index (χ2n) is 7.97. The summed E-state index contributed by atoms with van der Waals surface area (Å²) in [5.41, 5.74) is 4.66. The van der Waals surface area contributed by atoms with Gasteiger partial charge in [0, 0.05) is 32.9 Å². The minimum atomic E-state index is -0.112. The van der Waals surface area contributed by atoms with Crippen molar-refractivity contribution in [3.8, 4) is 11.4 Å². The van der Waals surface area contributed by atoms with Crippen LogP contribution >= 0.6 is 0 Å². The zero-order valence-corrected chi connectivity index (χ0v) is 19.2. The Morgan fingerprint density at radius 1 is 1.06 bits per heavy atom. The molecule has 1 N–H and O–H groups in total.